The molecule has 0 aliphatic rings. The van der Waals surface area contributed by atoms with E-state index in [0.717, 1.165) is 5.56 Å². The first-order chi connectivity index (χ1) is 12.2. The van der Waals surface area contributed by atoms with Crippen LogP contribution in [0.3, 0.4) is 0 Å². The second-order valence-electron chi connectivity index (χ2n) is 5.23. The van der Waals surface area contributed by atoms with E-state index in [1.165, 1.54) is 24.3 Å². The van der Waals surface area contributed by atoms with Crippen LogP contribution in [0.15, 0.2) is 72.9 Å². The molecule has 2 aromatic carbocycles. The van der Waals surface area contributed by atoms with Crippen molar-refractivity contribution in [1.29, 1.82) is 0 Å². The van der Waals surface area contributed by atoms with E-state index in [9.17, 15) is 9.18 Å². The largest absolute Gasteiger partial charge is 0.439 e. The average Bonchev–Trinajstić information content (AvgIpc) is 2.63. The molecular weight excluding hydrogens is 321 g/mol. The number of carbonyl (C=O) groups excluding carboxylic acids is 1. The molecule has 0 saturated carbocycles. The second kappa shape index (κ2) is 7.92. The Labute approximate surface area is 144 Å². The van der Waals surface area contributed by atoms with Gasteiger partial charge in [-0.05, 0) is 48.0 Å². The number of hydrogen-bond donors (Lipinski definition) is 2. The fourth-order valence-corrected chi connectivity index (χ4v) is 2.14. The maximum atomic E-state index is 12.8. The Bertz CT molecular complexity index is 839. The standard InChI is InChI=1S/C19H16FN3O2/c20-15-7-9-16(10-8-15)23-19(24)22-13-14-4-3-5-17(12-14)25-18-6-1-2-11-21-18/h1-12H,13H2,(H2,22,23,24). The zero-order valence-corrected chi connectivity index (χ0v) is 13.3. The molecule has 1 heterocycles. The van der Waals surface area contributed by atoms with Gasteiger partial charge in [0, 0.05) is 24.5 Å². The molecule has 6 heteroatoms. The van der Waals surface area contributed by atoms with E-state index in [1.54, 1.807) is 12.3 Å². The number of halogens is 1. The minimum atomic E-state index is -0.373. The predicted molar refractivity (Wildman–Crippen MR) is 93.0 cm³/mol. The first-order valence-electron chi connectivity index (χ1n) is 7.67. The maximum Gasteiger partial charge on any atom is 0.319 e. The molecular formula is C19H16FN3O2. The fraction of sp³-hybridized carbons (Fsp3) is 0.0526. The highest BCUT2D eigenvalue weighted by molar-refractivity contribution is 5.89. The molecule has 25 heavy (non-hydrogen) atoms. The number of nitrogens with zero attached hydrogens (tertiary/aromatic N) is 1. The van der Waals surface area contributed by atoms with Crippen LogP contribution in [-0.4, -0.2) is 11.0 Å². The summed E-state index contributed by atoms with van der Waals surface area (Å²) in [4.78, 5) is 16.0. The maximum absolute atomic E-state index is 12.8. The molecule has 0 aliphatic carbocycles. The number of hydrogen-bond acceptors (Lipinski definition) is 3. The lowest BCUT2D eigenvalue weighted by Gasteiger charge is -2.09. The summed E-state index contributed by atoms with van der Waals surface area (Å²) in [6, 6.07) is 18.0. The lowest BCUT2D eigenvalue weighted by molar-refractivity contribution is 0.251. The van der Waals surface area contributed by atoms with Crippen molar-refractivity contribution in [3.05, 3.63) is 84.3 Å². The Hall–Kier alpha value is -3.41. The van der Waals surface area contributed by atoms with Crippen LogP contribution in [0.25, 0.3) is 0 Å². The van der Waals surface area contributed by atoms with Gasteiger partial charge in [-0.15, -0.1) is 0 Å². The molecule has 126 valence electrons. The Morgan fingerprint density at radius 2 is 1.88 bits per heavy atom. The van der Waals surface area contributed by atoms with Crippen molar-refractivity contribution in [2.75, 3.05) is 5.32 Å². The summed E-state index contributed by atoms with van der Waals surface area (Å²) >= 11 is 0. The molecule has 0 unspecified atom stereocenters. The van der Waals surface area contributed by atoms with E-state index >= 15 is 0 Å². The Balaban J connectivity index is 1.55. The van der Waals surface area contributed by atoms with Crippen LogP contribution in [0, 0.1) is 5.82 Å². The first kappa shape index (κ1) is 16.4. The topological polar surface area (TPSA) is 63.2 Å². The Kier molecular flexibility index (Phi) is 5.21. The van der Waals surface area contributed by atoms with Gasteiger partial charge in [-0.25, -0.2) is 14.2 Å². The molecule has 0 bridgehead atoms. The zero-order valence-electron chi connectivity index (χ0n) is 13.3. The van der Waals surface area contributed by atoms with Crippen LogP contribution >= 0.6 is 0 Å². The molecule has 0 fully saturated rings. The number of nitrogens with one attached hydrogen (secondary N) is 2. The molecule has 0 atom stereocenters. The quantitative estimate of drug-likeness (QED) is 0.728. The van der Waals surface area contributed by atoms with Gasteiger partial charge in [-0.2, -0.15) is 0 Å². The molecule has 2 amide bonds. The van der Waals surface area contributed by atoms with Crippen LogP contribution in [-0.2, 0) is 6.54 Å². The summed E-state index contributed by atoms with van der Waals surface area (Å²) in [5.41, 5.74) is 1.40. The van der Waals surface area contributed by atoms with E-state index in [-0.39, 0.29) is 11.8 Å². The van der Waals surface area contributed by atoms with Crippen LogP contribution < -0.4 is 15.4 Å². The van der Waals surface area contributed by atoms with Gasteiger partial charge < -0.3 is 15.4 Å². The lowest BCUT2D eigenvalue weighted by atomic mass is 10.2. The molecule has 0 radical (unpaired) electrons. The summed E-state index contributed by atoms with van der Waals surface area (Å²) in [6.07, 6.45) is 1.65. The van der Waals surface area contributed by atoms with Gasteiger partial charge in [-0.3, -0.25) is 0 Å². The van der Waals surface area contributed by atoms with Gasteiger partial charge in [0.25, 0.3) is 0 Å². The average molecular weight is 337 g/mol. The third-order valence-corrected chi connectivity index (χ3v) is 3.31. The van der Waals surface area contributed by atoms with Crippen LogP contribution in [0.2, 0.25) is 0 Å². The third kappa shape index (κ3) is 5.04. The highest BCUT2D eigenvalue weighted by Gasteiger charge is 2.04. The minimum absolute atomic E-state index is 0.326. The van der Waals surface area contributed by atoms with Gasteiger partial charge in [0.2, 0.25) is 5.88 Å². The van der Waals surface area contributed by atoms with Crippen molar-refractivity contribution in [2.24, 2.45) is 0 Å². The number of urea groups is 1. The van der Waals surface area contributed by atoms with Gasteiger partial charge in [-0.1, -0.05) is 18.2 Å². The van der Waals surface area contributed by atoms with E-state index in [1.807, 2.05) is 36.4 Å². The van der Waals surface area contributed by atoms with Crippen molar-refractivity contribution in [3.63, 3.8) is 0 Å². The highest BCUT2D eigenvalue weighted by Crippen LogP contribution is 2.20. The predicted octanol–water partition coefficient (Wildman–Crippen LogP) is 4.33. The number of rotatable bonds is 5. The molecule has 5 nitrogen and oxygen atoms in total. The fourth-order valence-electron chi connectivity index (χ4n) is 2.14. The van der Waals surface area contributed by atoms with Crippen molar-refractivity contribution in [1.82, 2.24) is 10.3 Å². The number of benzene rings is 2. The molecule has 0 spiro atoms. The van der Waals surface area contributed by atoms with Crippen molar-refractivity contribution < 1.29 is 13.9 Å². The minimum Gasteiger partial charge on any atom is -0.439 e. The van der Waals surface area contributed by atoms with E-state index < -0.39 is 0 Å². The van der Waals surface area contributed by atoms with E-state index in [2.05, 4.69) is 15.6 Å². The highest BCUT2D eigenvalue weighted by atomic mass is 19.1. The van der Waals surface area contributed by atoms with Crippen molar-refractivity contribution >= 4 is 11.7 Å². The normalized spacial score (nSPS) is 10.1. The Morgan fingerprint density at radius 3 is 2.64 bits per heavy atom. The van der Waals surface area contributed by atoms with E-state index in [4.69, 9.17) is 4.74 Å². The van der Waals surface area contributed by atoms with Gasteiger partial charge in [0.15, 0.2) is 0 Å². The van der Waals surface area contributed by atoms with Crippen molar-refractivity contribution in [3.8, 4) is 11.6 Å². The first-order valence-corrected chi connectivity index (χ1v) is 7.67. The molecule has 0 saturated heterocycles. The summed E-state index contributed by atoms with van der Waals surface area (Å²) in [7, 11) is 0. The second-order valence-corrected chi connectivity index (χ2v) is 5.23. The summed E-state index contributed by atoms with van der Waals surface area (Å²) < 4.78 is 18.5. The Morgan fingerprint density at radius 1 is 1.04 bits per heavy atom. The summed E-state index contributed by atoms with van der Waals surface area (Å²) in [5.74, 6) is 0.786. The molecule has 2 N–H and O–H groups in total. The number of anilines is 1. The van der Waals surface area contributed by atoms with E-state index in [0.29, 0.717) is 23.9 Å². The number of ether oxygens (including phenoxy) is 1. The number of amides is 2. The summed E-state index contributed by atoms with van der Waals surface area (Å²) in [5, 5.41) is 5.37. The molecule has 1 aromatic heterocycles. The lowest BCUT2D eigenvalue weighted by Crippen LogP contribution is -2.28. The monoisotopic (exact) mass is 337 g/mol. The third-order valence-electron chi connectivity index (χ3n) is 3.31. The number of pyridine rings is 1. The van der Waals surface area contributed by atoms with Gasteiger partial charge in [0.1, 0.15) is 11.6 Å². The molecule has 3 rings (SSSR count). The van der Waals surface area contributed by atoms with Crippen molar-refractivity contribution in [2.45, 2.75) is 6.54 Å². The smallest absolute Gasteiger partial charge is 0.319 e. The zero-order chi connectivity index (χ0) is 17.5. The van der Waals surface area contributed by atoms with Crippen LogP contribution in [0.1, 0.15) is 5.56 Å². The van der Waals surface area contributed by atoms with Crippen LogP contribution in [0.4, 0.5) is 14.9 Å². The van der Waals surface area contributed by atoms with Gasteiger partial charge >= 0.3 is 6.03 Å². The molecule has 3 aromatic rings. The number of aromatic nitrogens is 1. The SMILES string of the molecule is O=C(NCc1cccc(Oc2ccccn2)c1)Nc1ccc(F)cc1. The molecule has 0 aliphatic heterocycles. The summed E-state index contributed by atoms with van der Waals surface area (Å²) in [6.45, 7) is 0.326. The number of carbonyl (C=O) groups is 1. The van der Waals surface area contributed by atoms with Crippen LogP contribution in [0.5, 0.6) is 11.6 Å². The van der Waals surface area contributed by atoms with Gasteiger partial charge in [0.05, 0.1) is 0 Å².